The SMILES string of the molecule is CCc1nc(C(=O)N(C)c2ccncc2)n[nH]1. The number of nitrogens with zero attached hydrogens (tertiary/aromatic N) is 4. The Morgan fingerprint density at radius 3 is 2.71 bits per heavy atom. The average molecular weight is 231 g/mol. The first kappa shape index (κ1) is 11.3. The van der Waals surface area contributed by atoms with E-state index >= 15 is 0 Å². The van der Waals surface area contributed by atoms with Gasteiger partial charge in [0.05, 0.1) is 0 Å². The number of pyridine rings is 1. The zero-order valence-corrected chi connectivity index (χ0v) is 9.71. The van der Waals surface area contributed by atoms with Gasteiger partial charge in [-0.2, -0.15) is 0 Å². The largest absolute Gasteiger partial charge is 0.309 e. The lowest BCUT2D eigenvalue weighted by atomic mass is 10.3. The Bertz CT molecular complexity index is 508. The van der Waals surface area contributed by atoms with Crippen molar-refractivity contribution in [3.63, 3.8) is 0 Å². The Morgan fingerprint density at radius 1 is 1.41 bits per heavy atom. The highest BCUT2D eigenvalue weighted by Crippen LogP contribution is 2.12. The summed E-state index contributed by atoms with van der Waals surface area (Å²) in [5.74, 6) is 0.643. The Kier molecular flexibility index (Phi) is 3.13. The van der Waals surface area contributed by atoms with E-state index in [1.165, 1.54) is 4.90 Å². The number of hydrogen-bond acceptors (Lipinski definition) is 4. The van der Waals surface area contributed by atoms with Crippen LogP contribution in [0.3, 0.4) is 0 Å². The first-order valence-corrected chi connectivity index (χ1v) is 5.31. The molecule has 6 nitrogen and oxygen atoms in total. The highest BCUT2D eigenvalue weighted by atomic mass is 16.2. The molecule has 0 saturated carbocycles. The lowest BCUT2D eigenvalue weighted by molar-refractivity contribution is 0.0983. The Balaban J connectivity index is 2.20. The maximum atomic E-state index is 12.0. The van der Waals surface area contributed by atoms with E-state index in [2.05, 4.69) is 20.2 Å². The monoisotopic (exact) mass is 231 g/mol. The number of aromatic amines is 1. The van der Waals surface area contributed by atoms with E-state index < -0.39 is 0 Å². The van der Waals surface area contributed by atoms with Crippen LogP contribution in [0.2, 0.25) is 0 Å². The molecule has 2 aromatic rings. The molecule has 0 fully saturated rings. The molecule has 0 atom stereocenters. The van der Waals surface area contributed by atoms with Gasteiger partial charge >= 0.3 is 0 Å². The van der Waals surface area contributed by atoms with Crippen molar-refractivity contribution in [2.45, 2.75) is 13.3 Å². The minimum absolute atomic E-state index is 0.182. The maximum Gasteiger partial charge on any atom is 0.297 e. The van der Waals surface area contributed by atoms with Crippen molar-refractivity contribution in [2.24, 2.45) is 0 Å². The molecule has 6 heteroatoms. The van der Waals surface area contributed by atoms with Crippen LogP contribution in [0, 0.1) is 0 Å². The van der Waals surface area contributed by atoms with Crippen molar-refractivity contribution >= 4 is 11.6 Å². The van der Waals surface area contributed by atoms with E-state index in [4.69, 9.17) is 0 Å². The van der Waals surface area contributed by atoms with Crippen molar-refractivity contribution in [1.29, 1.82) is 0 Å². The van der Waals surface area contributed by atoms with Crippen molar-refractivity contribution in [1.82, 2.24) is 20.2 Å². The van der Waals surface area contributed by atoms with Gasteiger partial charge in [-0.05, 0) is 12.1 Å². The topological polar surface area (TPSA) is 74.8 Å². The Hall–Kier alpha value is -2.24. The summed E-state index contributed by atoms with van der Waals surface area (Å²) in [6.45, 7) is 1.95. The number of carbonyl (C=O) groups excluding carboxylic acids is 1. The maximum absolute atomic E-state index is 12.0. The van der Waals surface area contributed by atoms with Crippen molar-refractivity contribution < 1.29 is 4.79 Å². The van der Waals surface area contributed by atoms with Gasteiger partial charge < -0.3 is 4.90 Å². The lowest BCUT2D eigenvalue weighted by Crippen LogP contribution is -2.27. The molecule has 0 saturated heterocycles. The quantitative estimate of drug-likeness (QED) is 0.856. The van der Waals surface area contributed by atoms with Gasteiger partial charge in [0, 0.05) is 31.5 Å². The van der Waals surface area contributed by atoms with E-state index in [9.17, 15) is 4.79 Å². The summed E-state index contributed by atoms with van der Waals surface area (Å²) in [5.41, 5.74) is 0.757. The molecule has 1 amide bonds. The average Bonchev–Trinajstić information content (AvgIpc) is 2.87. The summed E-state index contributed by atoms with van der Waals surface area (Å²) in [7, 11) is 1.68. The third kappa shape index (κ3) is 2.30. The van der Waals surface area contributed by atoms with Crippen LogP contribution in [-0.4, -0.2) is 33.1 Å². The molecule has 0 bridgehead atoms. The smallest absolute Gasteiger partial charge is 0.297 e. The summed E-state index contributed by atoms with van der Waals surface area (Å²) in [4.78, 5) is 21.5. The predicted molar refractivity (Wildman–Crippen MR) is 62.7 cm³/mol. The first-order chi connectivity index (χ1) is 8.22. The second-order valence-corrected chi connectivity index (χ2v) is 3.53. The molecule has 0 radical (unpaired) electrons. The summed E-state index contributed by atoms with van der Waals surface area (Å²) in [6.07, 6.45) is 3.99. The molecule has 2 aromatic heterocycles. The van der Waals surface area contributed by atoms with Gasteiger partial charge in [0.1, 0.15) is 5.82 Å². The van der Waals surface area contributed by atoms with Gasteiger partial charge in [-0.3, -0.25) is 14.9 Å². The van der Waals surface area contributed by atoms with Gasteiger partial charge in [-0.25, -0.2) is 4.98 Å². The molecule has 17 heavy (non-hydrogen) atoms. The molecule has 2 heterocycles. The fourth-order valence-electron chi connectivity index (χ4n) is 1.38. The number of carbonyl (C=O) groups is 1. The number of rotatable bonds is 3. The molecule has 2 rings (SSSR count). The molecule has 0 spiro atoms. The normalized spacial score (nSPS) is 10.2. The summed E-state index contributed by atoms with van der Waals surface area (Å²) in [6, 6.07) is 3.51. The molecular formula is C11H13N5O. The molecule has 0 aliphatic rings. The number of amides is 1. The first-order valence-electron chi connectivity index (χ1n) is 5.31. The molecular weight excluding hydrogens is 218 g/mol. The minimum atomic E-state index is -0.243. The standard InChI is InChI=1S/C11H13N5O/c1-3-9-13-10(15-14-9)11(17)16(2)8-4-6-12-7-5-8/h4-7H,3H2,1-2H3,(H,13,14,15). The van der Waals surface area contributed by atoms with Gasteiger partial charge in [-0.15, -0.1) is 5.10 Å². The molecule has 1 N–H and O–H groups in total. The highest BCUT2D eigenvalue weighted by Gasteiger charge is 2.17. The zero-order chi connectivity index (χ0) is 12.3. The van der Waals surface area contributed by atoms with Crippen LogP contribution in [-0.2, 0) is 6.42 Å². The third-order valence-electron chi connectivity index (χ3n) is 2.41. The fraction of sp³-hybridized carbons (Fsp3) is 0.273. The van der Waals surface area contributed by atoms with E-state index in [0.717, 1.165) is 12.1 Å². The number of aryl methyl sites for hydroxylation is 1. The summed E-state index contributed by atoms with van der Waals surface area (Å²) < 4.78 is 0. The summed E-state index contributed by atoms with van der Waals surface area (Å²) >= 11 is 0. The molecule has 0 aliphatic carbocycles. The number of aromatic nitrogens is 4. The molecule has 0 unspecified atom stereocenters. The zero-order valence-electron chi connectivity index (χ0n) is 9.71. The van der Waals surface area contributed by atoms with Crippen LogP contribution in [0.4, 0.5) is 5.69 Å². The van der Waals surface area contributed by atoms with E-state index in [1.54, 1.807) is 31.6 Å². The number of nitrogens with one attached hydrogen (secondary N) is 1. The van der Waals surface area contributed by atoms with Gasteiger partial charge in [0.2, 0.25) is 5.82 Å². The van der Waals surface area contributed by atoms with E-state index in [-0.39, 0.29) is 11.7 Å². The fourth-order valence-corrected chi connectivity index (χ4v) is 1.38. The Morgan fingerprint density at radius 2 is 2.12 bits per heavy atom. The van der Waals surface area contributed by atoms with Crippen LogP contribution in [0.1, 0.15) is 23.4 Å². The predicted octanol–water partition coefficient (Wildman–Crippen LogP) is 1.04. The van der Waals surface area contributed by atoms with Crippen LogP contribution in [0.5, 0.6) is 0 Å². The van der Waals surface area contributed by atoms with Crippen LogP contribution >= 0.6 is 0 Å². The lowest BCUT2D eigenvalue weighted by Gasteiger charge is -2.14. The second kappa shape index (κ2) is 4.73. The van der Waals surface area contributed by atoms with Crippen LogP contribution in [0.15, 0.2) is 24.5 Å². The third-order valence-corrected chi connectivity index (χ3v) is 2.41. The van der Waals surface area contributed by atoms with Crippen LogP contribution in [0.25, 0.3) is 0 Å². The van der Waals surface area contributed by atoms with Crippen LogP contribution < -0.4 is 4.90 Å². The highest BCUT2D eigenvalue weighted by molar-refractivity contribution is 6.02. The number of hydrogen-bond donors (Lipinski definition) is 1. The number of H-pyrrole nitrogens is 1. The van der Waals surface area contributed by atoms with Gasteiger partial charge in [-0.1, -0.05) is 6.92 Å². The van der Waals surface area contributed by atoms with Gasteiger partial charge in [0.25, 0.3) is 5.91 Å². The van der Waals surface area contributed by atoms with Crippen molar-refractivity contribution in [3.8, 4) is 0 Å². The van der Waals surface area contributed by atoms with Crippen molar-refractivity contribution in [2.75, 3.05) is 11.9 Å². The second-order valence-electron chi connectivity index (χ2n) is 3.53. The van der Waals surface area contributed by atoms with E-state index in [0.29, 0.717) is 5.82 Å². The van der Waals surface area contributed by atoms with Gasteiger partial charge in [0.15, 0.2) is 0 Å². The Labute approximate surface area is 98.7 Å². The number of anilines is 1. The minimum Gasteiger partial charge on any atom is -0.309 e. The molecule has 0 aromatic carbocycles. The van der Waals surface area contributed by atoms with E-state index in [1.807, 2.05) is 6.92 Å². The summed E-state index contributed by atoms with van der Waals surface area (Å²) in [5, 5.41) is 6.61. The van der Waals surface area contributed by atoms with Crippen molar-refractivity contribution in [3.05, 3.63) is 36.2 Å². The molecule has 88 valence electrons. The molecule has 0 aliphatic heterocycles.